The number of ether oxygens (including phenoxy) is 1. The Balaban J connectivity index is 1.32. The second kappa shape index (κ2) is 11.3. The van der Waals surface area contributed by atoms with E-state index < -0.39 is 0 Å². The fourth-order valence-electron chi connectivity index (χ4n) is 4.61. The Bertz CT molecular complexity index is 1480. The van der Waals surface area contributed by atoms with Gasteiger partial charge in [-0.25, -0.2) is 0 Å². The number of para-hydroxylation sites is 1. The van der Waals surface area contributed by atoms with Crippen molar-refractivity contribution in [3.8, 4) is 11.8 Å². The number of benzene rings is 4. The van der Waals surface area contributed by atoms with Crippen LogP contribution in [0, 0.1) is 11.3 Å². The number of rotatable bonds is 6. The maximum Gasteiger partial charge on any atom is 0.264 e. The van der Waals surface area contributed by atoms with Crippen molar-refractivity contribution in [3.63, 3.8) is 0 Å². The smallest absolute Gasteiger partial charge is 0.264 e. The highest BCUT2D eigenvalue weighted by Crippen LogP contribution is 2.28. The van der Waals surface area contributed by atoms with Gasteiger partial charge in [-0.15, -0.1) is 0 Å². The molecule has 0 aliphatic carbocycles. The molecule has 1 amide bonds. The minimum absolute atomic E-state index is 0.0984. The molecule has 5 nitrogen and oxygen atoms in total. The molecule has 0 bridgehead atoms. The molecule has 6 heteroatoms. The van der Waals surface area contributed by atoms with Crippen molar-refractivity contribution in [2.24, 2.45) is 0 Å². The van der Waals surface area contributed by atoms with Gasteiger partial charge in [0.05, 0.1) is 0 Å². The van der Waals surface area contributed by atoms with Crippen LogP contribution in [-0.4, -0.2) is 37.0 Å². The molecule has 0 radical (unpaired) electrons. The Hall–Kier alpha value is -4.08. The van der Waals surface area contributed by atoms with Gasteiger partial charge in [0.2, 0.25) is 0 Å². The maximum absolute atomic E-state index is 13.3. The summed E-state index contributed by atoms with van der Waals surface area (Å²) in [7, 11) is 0. The summed E-state index contributed by atoms with van der Waals surface area (Å²) < 4.78 is 7.06. The zero-order valence-corrected chi connectivity index (χ0v) is 21.9. The average molecular weight is 552 g/mol. The molecule has 0 saturated carbocycles. The summed E-state index contributed by atoms with van der Waals surface area (Å²) in [6.07, 6.45) is 1.63. The minimum atomic E-state index is -0.254. The molecule has 37 heavy (non-hydrogen) atoms. The summed E-state index contributed by atoms with van der Waals surface area (Å²) >= 11 is 3.51. The number of hydrogen-bond acceptors (Lipinski definition) is 4. The van der Waals surface area contributed by atoms with Gasteiger partial charge in [0.15, 0.2) is 0 Å². The second-order valence-corrected chi connectivity index (χ2v) is 9.81. The van der Waals surface area contributed by atoms with Gasteiger partial charge in [0, 0.05) is 41.9 Å². The van der Waals surface area contributed by atoms with Crippen LogP contribution in [0.5, 0.6) is 5.75 Å². The van der Waals surface area contributed by atoms with Crippen molar-refractivity contribution in [1.82, 2.24) is 4.90 Å². The minimum Gasteiger partial charge on any atom is -0.488 e. The largest absolute Gasteiger partial charge is 0.488 e. The lowest BCUT2D eigenvalue weighted by molar-refractivity contribution is -0.126. The van der Waals surface area contributed by atoms with E-state index in [1.54, 1.807) is 11.0 Å². The van der Waals surface area contributed by atoms with E-state index in [2.05, 4.69) is 63.3 Å². The van der Waals surface area contributed by atoms with E-state index in [0.717, 1.165) is 39.6 Å². The van der Waals surface area contributed by atoms with E-state index in [4.69, 9.17) is 4.74 Å². The van der Waals surface area contributed by atoms with E-state index in [-0.39, 0.29) is 11.5 Å². The summed E-state index contributed by atoms with van der Waals surface area (Å²) in [4.78, 5) is 17.3. The molecule has 5 rings (SSSR count). The van der Waals surface area contributed by atoms with E-state index in [9.17, 15) is 10.1 Å². The fourth-order valence-corrected chi connectivity index (χ4v) is 4.99. The van der Waals surface area contributed by atoms with Gasteiger partial charge in [-0.1, -0.05) is 76.6 Å². The van der Waals surface area contributed by atoms with E-state index in [0.29, 0.717) is 31.0 Å². The number of carbonyl (C=O) groups excluding carboxylic acids is 1. The van der Waals surface area contributed by atoms with Crippen LogP contribution in [0.15, 0.2) is 101 Å². The number of fused-ring (bicyclic) bond motifs is 1. The van der Waals surface area contributed by atoms with E-state index in [1.807, 2.05) is 54.6 Å². The Labute approximate surface area is 225 Å². The lowest BCUT2D eigenvalue weighted by atomic mass is 10.1. The van der Waals surface area contributed by atoms with Crippen molar-refractivity contribution in [2.45, 2.75) is 6.61 Å². The van der Waals surface area contributed by atoms with Crippen LogP contribution in [0.25, 0.3) is 16.8 Å². The number of nitrogens with zero attached hydrogens (tertiary/aromatic N) is 3. The summed E-state index contributed by atoms with van der Waals surface area (Å²) in [5, 5.41) is 12.2. The molecule has 1 aliphatic heterocycles. The van der Waals surface area contributed by atoms with Gasteiger partial charge < -0.3 is 14.5 Å². The molecule has 0 N–H and O–H groups in total. The second-order valence-electron chi connectivity index (χ2n) is 8.89. The van der Waals surface area contributed by atoms with Crippen molar-refractivity contribution in [2.75, 3.05) is 31.1 Å². The molecule has 0 unspecified atom stereocenters. The van der Waals surface area contributed by atoms with Gasteiger partial charge in [0.1, 0.15) is 24.0 Å². The third-order valence-corrected chi connectivity index (χ3v) is 7.07. The molecular weight excluding hydrogens is 526 g/mol. The van der Waals surface area contributed by atoms with Crippen molar-refractivity contribution in [1.29, 1.82) is 5.26 Å². The van der Waals surface area contributed by atoms with Crippen LogP contribution in [0.2, 0.25) is 0 Å². The number of hydrogen-bond donors (Lipinski definition) is 0. The topological polar surface area (TPSA) is 56.6 Å². The lowest BCUT2D eigenvalue weighted by Gasteiger charge is -2.36. The van der Waals surface area contributed by atoms with Crippen molar-refractivity contribution < 1.29 is 9.53 Å². The summed E-state index contributed by atoms with van der Waals surface area (Å²) in [5.41, 5.74) is 3.00. The quantitative estimate of drug-likeness (QED) is 0.204. The van der Waals surface area contributed by atoms with Crippen LogP contribution in [0.1, 0.15) is 11.1 Å². The Morgan fingerprint density at radius 1 is 0.919 bits per heavy atom. The molecule has 1 saturated heterocycles. The first-order valence-corrected chi connectivity index (χ1v) is 13.0. The molecule has 4 aromatic rings. The number of nitriles is 1. The zero-order valence-electron chi connectivity index (χ0n) is 20.3. The number of amides is 1. The third kappa shape index (κ3) is 5.68. The number of carbonyl (C=O) groups is 1. The highest BCUT2D eigenvalue weighted by Gasteiger charge is 2.24. The normalized spacial score (nSPS) is 13.9. The first kappa shape index (κ1) is 24.6. The molecule has 184 valence electrons. The number of halogens is 1. The van der Waals surface area contributed by atoms with Crippen LogP contribution >= 0.6 is 15.9 Å². The molecule has 1 fully saturated rings. The highest BCUT2D eigenvalue weighted by molar-refractivity contribution is 9.10. The standard InChI is InChI=1S/C31H26BrN3O2/c32-27-13-14-30(37-22-24-9-6-8-23-7-4-5-12-29(23)24)25(20-27)19-26(21-33)31(36)35-17-15-34(16-18-35)28-10-2-1-3-11-28/h1-14,19-20H,15-18,22H2/b26-19-. The Morgan fingerprint density at radius 2 is 1.65 bits per heavy atom. The predicted molar refractivity (Wildman–Crippen MR) is 151 cm³/mol. The van der Waals surface area contributed by atoms with E-state index in [1.165, 1.54) is 0 Å². The maximum atomic E-state index is 13.3. The van der Waals surface area contributed by atoms with Gasteiger partial charge in [0.25, 0.3) is 5.91 Å². The molecule has 0 atom stereocenters. The number of piperazine rings is 1. The summed E-state index contributed by atoms with van der Waals surface area (Å²) in [6.45, 7) is 2.96. The predicted octanol–water partition coefficient (Wildman–Crippen LogP) is 6.44. The Kier molecular flexibility index (Phi) is 7.53. The number of anilines is 1. The first-order chi connectivity index (χ1) is 18.1. The highest BCUT2D eigenvalue weighted by atomic mass is 79.9. The fraction of sp³-hybridized carbons (Fsp3) is 0.161. The van der Waals surface area contributed by atoms with Crippen LogP contribution < -0.4 is 9.64 Å². The first-order valence-electron chi connectivity index (χ1n) is 12.2. The van der Waals surface area contributed by atoms with Crippen LogP contribution in [0.4, 0.5) is 5.69 Å². The third-order valence-electron chi connectivity index (χ3n) is 6.57. The lowest BCUT2D eigenvalue weighted by Crippen LogP contribution is -2.49. The van der Waals surface area contributed by atoms with Gasteiger partial charge in [-0.05, 0) is 52.7 Å². The Morgan fingerprint density at radius 3 is 2.43 bits per heavy atom. The summed E-state index contributed by atoms with van der Waals surface area (Å²) in [6, 6.07) is 32.3. The molecule has 0 aromatic heterocycles. The van der Waals surface area contributed by atoms with Crippen LogP contribution in [-0.2, 0) is 11.4 Å². The average Bonchev–Trinajstić information content (AvgIpc) is 2.95. The molecule has 1 heterocycles. The van der Waals surface area contributed by atoms with E-state index >= 15 is 0 Å². The van der Waals surface area contributed by atoms with Crippen LogP contribution in [0.3, 0.4) is 0 Å². The van der Waals surface area contributed by atoms with Gasteiger partial charge >= 0.3 is 0 Å². The van der Waals surface area contributed by atoms with Gasteiger partial charge in [-0.2, -0.15) is 5.26 Å². The summed E-state index contributed by atoms with van der Waals surface area (Å²) in [5.74, 6) is 0.362. The molecule has 1 aliphatic rings. The molecule has 0 spiro atoms. The molecule has 4 aromatic carbocycles. The van der Waals surface area contributed by atoms with Gasteiger partial charge in [-0.3, -0.25) is 4.79 Å². The van der Waals surface area contributed by atoms with Crippen molar-refractivity contribution in [3.05, 3.63) is 112 Å². The monoisotopic (exact) mass is 551 g/mol. The molecular formula is C31H26BrN3O2. The van der Waals surface area contributed by atoms with Crippen molar-refractivity contribution >= 4 is 44.4 Å². The zero-order chi connectivity index (χ0) is 25.6. The SMILES string of the molecule is N#C/C(=C/c1cc(Br)ccc1OCc1cccc2ccccc12)C(=O)N1CCN(c2ccccc2)CC1.